The van der Waals surface area contributed by atoms with E-state index < -0.39 is 0 Å². The summed E-state index contributed by atoms with van der Waals surface area (Å²) in [6.07, 6.45) is 0. The van der Waals surface area contributed by atoms with Crippen molar-refractivity contribution in [3.8, 4) is 0 Å². The van der Waals surface area contributed by atoms with Gasteiger partial charge < -0.3 is 10.7 Å². The summed E-state index contributed by atoms with van der Waals surface area (Å²) in [6.45, 7) is 6.61. The second kappa shape index (κ2) is 9.10. The number of benzene rings is 2. The quantitative estimate of drug-likeness (QED) is 0.446. The molecule has 0 amide bonds. The van der Waals surface area contributed by atoms with Gasteiger partial charge in [-0.15, -0.1) is 0 Å². The van der Waals surface area contributed by atoms with Crippen molar-refractivity contribution in [3.05, 3.63) is 65.7 Å². The summed E-state index contributed by atoms with van der Waals surface area (Å²) in [6, 6.07) is 18.1. The lowest BCUT2D eigenvalue weighted by Gasteiger charge is -2.07. The molecule has 0 heterocycles. The third kappa shape index (κ3) is 6.38. The van der Waals surface area contributed by atoms with Gasteiger partial charge in [-0.3, -0.25) is 0 Å². The smallest absolute Gasteiger partial charge is 0.185 e. The molecule has 0 saturated carbocycles. The van der Waals surface area contributed by atoms with Crippen LogP contribution in [0.3, 0.4) is 0 Å². The van der Waals surface area contributed by atoms with Gasteiger partial charge in [0, 0.05) is 5.69 Å². The van der Waals surface area contributed by atoms with Gasteiger partial charge in [-0.05, 0) is 48.3 Å². The average molecular weight is 301 g/mol. The molecule has 2 aromatic carbocycles. The Morgan fingerprint density at radius 3 is 2.05 bits per heavy atom. The second-order valence-electron chi connectivity index (χ2n) is 4.98. The molecular formula is C17H23N3S. The summed E-state index contributed by atoms with van der Waals surface area (Å²) in [7, 11) is 0. The highest BCUT2D eigenvalue weighted by Gasteiger charge is 1.99. The second-order valence-corrected chi connectivity index (χ2v) is 5.38. The third-order valence-corrected chi connectivity index (χ3v) is 3.19. The fourth-order valence-corrected chi connectivity index (χ4v) is 2.04. The van der Waals surface area contributed by atoms with Crippen LogP contribution in [0.1, 0.15) is 30.9 Å². The number of aryl methyl sites for hydroxylation is 1. The van der Waals surface area contributed by atoms with E-state index in [1.165, 1.54) is 11.1 Å². The zero-order valence-corrected chi connectivity index (χ0v) is 13.6. The monoisotopic (exact) mass is 301 g/mol. The molecule has 0 radical (unpaired) electrons. The summed E-state index contributed by atoms with van der Waals surface area (Å²) >= 11 is 4.79. The molecule has 0 atom stereocenters. The van der Waals surface area contributed by atoms with Gasteiger partial charge in [0.1, 0.15) is 0 Å². The summed E-state index contributed by atoms with van der Waals surface area (Å²) in [5, 5.41) is 3.30. The maximum Gasteiger partial charge on any atom is 0.185 e. The Hall–Kier alpha value is -1.91. The van der Waals surface area contributed by atoms with Crippen molar-refractivity contribution in [2.75, 3.05) is 5.32 Å². The largest absolute Gasteiger partial charge is 0.332 e. The first-order valence-corrected chi connectivity index (χ1v) is 7.33. The van der Waals surface area contributed by atoms with Gasteiger partial charge in [0.05, 0.1) is 0 Å². The molecule has 4 heteroatoms. The predicted octanol–water partition coefficient (Wildman–Crippen LogP) is 3.97. The topological polar surface area (TPSA) is 50.1 Å². The van der Waals surface area contributed by atoms with E-state index in [-0.39, 0.29) is 0 Å². The summed E-state index contributed by atoms with van der Waals surface area (Å²) in [5.41, 5.74) is 6.12. The van der Waals surface area contributed by atoms with Crippen LogP contribution in [0.2, 0.25) is 0 Å². The highest BCUT2D eigenvalue weighted by molar-refractivity contribution is 7.80. The number of hydrogen-bond acceptors (Lipinski definition) is 2. The minimum absolute atomic E-state index is 0.413. The lowest BCUT2D eigenvalue weighted by atomic mass is 9.99. The standard InChI is InChI=1S/C10H14.C7H9N3S/c1-8(2)10-7-5-4-6-9(10)3;8-10-7(11)9-6-4-2-1-3-5-6/h4-8H,1-3H3;1-5H,8H2,(H2,9,10,11). The number of hydrogen-bond donors (Lipinski definition) is 3. The maximum atomic E-state index is 5.07. The van der Waals surface area contributed by atoms with Crippen LogP contribution in [0.5, 0.6) is 0 Å². The third-order valence-electron chi connectivity index (χ3n) is 2.97. The van der Waals surface area contributed by atoms with E-state index in [9.17, 15) is 0 Å². The van der Waals surface area contributed by atoms with Crippen molar-refractivity contribution in [1.29, 1.82) is 0 Å². The van der Waals surface area contributed by atoms with Crippen LogP contribution in [-0.2, 0) is 0 Å². The Kier molecular flexibility index (Phi) is 7.43. The van der Waals surface area contributed by atoms with Crippen LogP contribution < -0.4 is 16.6 Å². The first kappa shape index (κ1) is 17.1. The van der Waals surface area contributed by atoms with Crippen molar-refractivity contribution in [1.82, 2.24) is 5.43 Å². The van der Waals surface area contributed by atoms with E-state index in [4.69, 9.17) is 18.1 Å². The maximum absolute atomic E-state index is 5.07. The molecule has 2 rings (SSSR count). The first-order valence-electron chi connectivity index (χ1n) is 6.92. The molecule has 0 aliphatic rings. The van der Waals surface area contributed by atoms with E-state index in [0.717, 1.165) is 5.69 Å². The van der Waals surface area contributed by atoms with Crippen LogP contribution in [0, 0.1) is 6.92 Å². The molecule has 0 aromatic heterocycles. The molecule has 0 saturated heterocycles. The number of nitrogens with two attached hydrogens (primary N) is 1. The number of nitrogens with one attached hydrogen (secondary N) is 2. The van der Waals surface area contributed by atoms with Crippen LogP contribution in [0.4, 0.5) is 5.69 Å². The van der Waals surface area contributed by atoms with E-state index in [1.54, 1.807) is 0 Å². The SMILES string of the molecule is Cc1ccccc1C(C)C.NNC(=S)Nc1ccccc1. The summed E-state index contributed by atoms with van der Waals surface area (Å²) in [4.78, 5) is 0. The van der Waals surface area contributed by atoms with Gasteiger partial charge in [0.15, 0.2) is 5.11 Å². The van der Waals surface area contributed by atoms with Crippen molar-refractivity contribution in [3.63, 3.8) is 0 Å². The van der Waals surface area contributed by atoms with Gasteiger partial charge in [-0.25, -0.2) is 5.84 Å². The molecule has 112 valence electrons. The van der Waals surface area contributed by atoms with E-state index >= 15 is 0 Å². The van der Waals surface area contributed by atoms with Gasteiger partial charge in [0.25, 0.3) is 0 Å². The Bertz CT molecular complexity index is 553. The Labute approximate surface area is 132 Å². The van der Waals surface area contributed by atoms with Crippen molar-refractivity contribution >= 4 is 23.0 Å². The van der Waals surface area contributed by atoms with Crippen LogP contribution in [0.25, 0.3) is 0 Å². The van der Waals surface area contributed by atoms with E-state index in [0.29, 0.717) is 11.0 Å². The zero-order valence-electron chi connectivity index (χ0n) is 12.8. The van der Waals surface area contributed by atoms with E-state index in [2.05, 4.69) is 55.8 Å². The summed E-state index contributed by atoms with van der Waals surface area (Å²) < 4.78 is 0. The molecule has 0 aliphatic heterocycles. The number of rotatable bonds is 2. The molecule has 0 bridgehead atoms. The highest BCUT2D eigenvalue weighted by Crippen LogP contribution is 2.17. The Morgan fingerprint density at radius 1 is 1.00 bits per heavy atom. The van der Waals surface area contributed by atoms with Crippen molar-refractivity contribution < 1.29 is 0 Å². The molecule has 3 nitrogen and oxygen atoms in total. The van der Waals surface area contributed by atoms with Crippen LogP contribution in [-0.4, -0.2) is 5.11 Å². The van der Waals surface area contributed by atoms with Gasteiger partial charge in [0.2, 0.25) is 0 Å². The minimum Gasteiger partial charge on any atom is -0.332 e. The van der Waals surface area contributed by atoms with Crippen LogP contribution in [0.15, 0.2) is 54.6 Å². The lowest BCUT2D eigenvalue weighted by molar-refractivity contribution is 0.856. The van der Waals surface area contributed by atoms with Gasteiger partial charge in [-0.1, -0.05) is 56.3 Å². The molecule has 2 aromatic rings. The molecular weight excluding hydrogens is 278 g/mol. The van der Waals surface area contributed by atoms with Gasteiger partial charge >= 0.3 is 0 Å². The lowest BCUT2D eigenvalue weighted by Crippen LogP contribution is -2.34. The van der Waals surface area contributed by atoms with Crippen LogP contribution >= 0.6 is 12.2 Å². The van der Waals surface area contributed by atoms with E-state index in [1.807, 2.05) is 30.3 Å². The fourth-order valence-electron chi connectivity index (χ4n) is 1.92. The number of para-hydroxylation sites is 1. The number of anilines is 1. The Balaban J connectivity index is 0.000000211. The van der Waals surface area contributed by atoms with Gasteiger partial charge in [-0.2, -0.15) is 0 Å². The first-order chi connectivity index (χ1) is 10.0. The van der Waals surface area contributed by atoms with Crippen molar-refractivity contribution in [2.45, 2.75) is 26.7 Å². The average Bonchev–Trinajstić information content (AvgIpc) is 2.49. The fraction of sp³-hybridized carbons (Fsp3) is 0.235. The zero-order chi connectivity index (χ0) is 15.7. The molecule has 0 fully saturated rings. The number of hydrazine groups is 1. The Morgan fingerprint density at radius 2 is 1.57 bits per heavy atom. The highest BCUT2D eigenvalue weighted by atomic mass is 32.1. The minimum atomic E-state index is 0.413. The van der Waals surface area contributed by atoms with Crippen molar-refractivity contribution in [2.24, 2.45) is 5.84 Å². The molecule has 21 heavy (non-hydrogen) atoms. The molecule has 0 spiro atoms. The molecule has 4 N–H and O–H groups in total. The number of thiocarbonyl (C=S) groups is 1. The normalized spacial score (nSPS) is 9.57. The molecule has 0 aliphatic carbocycles. The predicted molar refractivity (Wildman–Crippen MR) is 95.3 cm³/mol. The molecule has 0 unspecified atom stereocenters. The summed E-state index contributed by atoms with van der Waals surface area (Å²) in [5.74, 6) is 5.72.